The summed E-state index contributed by atoms with van der Waals surface area (Å²) in [5.74, 6) is -1.47. The van der Waals surface area contributed by atoms with Crippen molar-refractivity contribution < 1.29 is 14.7 Å². The zero-order valence-electron chi connectivity index (χ0n) is 13.3. The highest BCUT2D eigenvalue weighted by molar-refractivity contribution is 7.10. The van der Waals surface area contributed by atoms with E-state index in [9.17, 15) is 14.7 Å². The van der Waals surface area contributed by atoms with Gasteiger partial charge in [-0.1, -0.05) is 6.07 Å². The van der Waals surface area contributed by atoms with E-state index >= 15 is 0 Å². The summed E-state index contributed by atoms with van der Waals surface area (Å²) in [5, 5.41) is 21.8. The van der Waals surface area contributed by atoms with Crippen LogP contribution in [0.25, 0.3) is 0 Å². The van der Waals surface area contributed by atoms with Gasteiger partial charge in [0.15, 0.2) is 0 Å². The molecule has 0 saturated heterocycles. The molecule has 0 aliphatic heterocycles. The maximum Gasteiger partial charge on any atom is 0.309 e. The smallest absolute Gasteiger partial charge is 0.309 e. The Bertz CT molecular complexity index is 624. The van der Waals surface area contributed by atoms with Crippen LogP contribution in [0, 0.1) is 0 Å². The lowest BCUT2D eigenvalue weighted by molar-refractivity contribution is -0.140. The second-order valence-corrected chi connectivity index (χ2v) is 7.96. The van der Waals surface area contributed by atoms with Gasteiger partial charge in [-0.25, -0.2) is 0 Å². The van der Waals surface area contributed by atoms with Gasteiger partial charge in [0.2, 0.25) is 0 Å². The van der Waals surface area contributed by atoms with E-state index in [4.69, 9.17) is 0 Å². The van der Waals surface area contributed by atoms with Crippen LogP contribution in [-0.4, -0.2) is 29.0 Å². The van der Waals surface area contributed by atoms with Crippen LogP contribution < -0.4 is 10.6 Å². The number of nitrogens with one attached hydrogen (secondary N) is 2. The van der Waals surface area contributed by atoms with E-state index in [1.807, 2.05) is 34.3 Å². The van der Waals surface area contributed by atoms with Gasteiger partial charge in [-0.3, -0.25) is 9.59 Å². The van der Waals surface area contributed by atoms with E-state index in [0.29, 0.717) is 10.4 Å². The SMILES string of the molecule is CC(C)(C)NC(=O)C(=O)NCC(O)(c1ccsc1)c1cccs1. The quantitative estimate of drug-likeness (QED) is 0.737. The first-order valence-electron chi connectivity index (χ1n) is 7.12. The first kappa shape index (κ1) is 17.7. The molecule has 1 atom stereocenters. The number of amides is 2. The van der Waals surface area contributed by atoms with Gasteiger partial charge in [0, 0.05) is 16.0 Å². The maximum atomic E-state index is 12.0. The van der Waals surface area contributed by atoms with Gasteiger partial charge in [-0.15, -0.1) is 11.3 Å². The van der Waals surface area contributed by atoms with Crippen LogP contribution in [0.4, 0.5) is 0 Å². The van der Waals surface area contributed by atoms with Crippen LogP contribution in [0.5, 0.6) is 0 Å². The molecule has 2 aromatic rings. The molecular formula is C16H20N2O3S2. The Hall–Kier alpha value is -1.70. The fourth-order valence-electron chi connectivity index (χ4n) is 2.03. The monoisotopic (exact) mass is 352 g/mol. The topological polar surface area (TPSA) is 78.4 Å². The number of carbonyl (C=O) groups is 2. The molecule has 2 rings (SSSR count). The normalized spacial score (nSPS) is 14.1. The lowest BCUT2D eigenvalue weighted by atomic mass is 9.94. The van der Waals surface area contributed by atoms with Crippen molar-refractivity contribution in [1.82, 2.24) is 10.6 Å². The van der Waals surface area contributed by atoms with Gasteiger partial charge in [-0.05, 0) is 49.0 Å². The molecule has 0 bridgehead atoms. The fourth-order valence-corrected chi connectivity index (χ4v) is 3.60. The molecule has 0 radical (unpaired) electrons. The van der Waals surface area contributed by atoms with Crippen LogP contribution in [0.3, 0.4) is 0 Å². The highest BCUT2D eigenvalue weighted by Crippen LogP contribution is 2.33. The van der Waals surface area contributed by atoms with Crippen LogP contribution in [-0.2, 0) is 15.2 Å². The number of hydrogen-bond donors (Lipinski definition) is 3. The van der Waals surface area contributed by atoms with E-state index in [1.54, 1.807) is 20.8 Å². The average Bonchev–Trinajstić information content (AvgIpc) is 3.14. The van der Waals surface area contributed by atoms with Gasteiger partial charge in [-0.2, -0.15) is 11.3 Å². The van der Waals surface area contributed by atoms with Gasteiger partial charge < -0.3 is 15.7 Å². The predicted molar refractivity (Wildman–Crippen MR) is 92.5 cm³/mol. The number of aliphatic hydroxyl groups is 1. The maximum absolute atomic E-state index is 12.0. The van der Waals surface area contributed by atoms with E-state index < -0.39 is 23.0 Å². The summed E-state index contributed by atoms with van der Waals surface area (Å²) in [5.41, 5.74) is -1.14. The van der Waals surface area contributed by atoms with Crippen LogP contribution in [0.1, 0.15) is 31.2 Å². The minimum absolute atomic E-state index is 0.0688. The number of thiophene rings is 2. The Morgan fingerprint density at radius 2 is 1.91 bits per heavy atom. The van der Waals surface area contributed by atoms with Crippen molar-refractivity contribution in [3.05, 3.63) is 44.8 Å². The van der Waals surface area contributed by atoms with Crippen LogP contribution in [0.15, 0.2) is 34.3 Å². The number of carbonyl (C=O) groups excluding carboxylic acids is 2. The van der Waals surface area contributed by atoms with Gasteiger partial charge in [0.05, 0.1) is 6.54 Å². The zero-order valence-corrected chi connectivity index (χ0v) is 14.9. The summed E-state index contributed by atoms with van der Waals surface area (Å²) in [4.78, 5) is 24.5. The molecule has 5 nitrogen and oxygen atoms in total. The molecule has 0 aromatic carbocycles. The van der Waals surface area contributed by atoms with Crippen molar-refractivity contribution in [3.8, 4) is 0 Å². The number of hydrogen-bond acceptors (Lipinski definition) is 5. The van der Waals surface area contributed by atoms with Gasteiger partial charge in [0.1, 0.15) is 5.60 Å². The summed E-state index contributed by atoms with van der Waals surface area (Å²) in [6, 6.07) is 5.46. The first-order valence-corrected chi connectivity index (χ1v) is 8.94. The van der Waals surface area contributed by atoms with Crippen molar-refractivity contribution in [2.24, 2.45) is 0 Å². The summed E-state index contributed by atoms with van der Waals surface area (Å²) in [6.45, 7) is 5.32. The largest absolute Gasteiger partial charge is 0.378 e. The van der Waals surface area contributed by atoms with E-state index in [0.717, 1.165) is 0 Å². The molecule has 3 N–H and O–H groups in total. The van der Waals surface area contributed by atoms with E-state index in [1.165, 1.54) is 22.7 Å². The molecule has 2 aromatic heterocycles. The fraction of sp³-hybridized carbons (Fsp3) is 0.375. The summed E-state index contributed by atoms with van der Waals surface area (Å²) < 4.78 is 0. The van der Waals surface area contributed by atoms with Crippen molar-refractivity contribution in [1.29, 1.82) is 0 Å². The molecule has 0 saturated carbocycles. The Balaban J connectivity index is 2.12. The lowest BCUT2D eigenvalue weighted by Gasteiger charge is -2.27. The van der Waals surface area contributed by atoms with E-state index in [-0.39, 0.29) is 6.54 Å². The second-order valence-electron chi connectivity index (χ2n) is 6.24. The first-order chi connectivity index (χ1) is 10.7. The van der Waals surface area contributed by atoms with Gasteiger partial charge >= 0.3 is 11.8 Å². The van der Waals surface area contributed by atoms with Crippen LogP contribution in [0.2, 0.25) is 0 Å². The molecule has 2 amide bonds. The second kappa shape index (κ2) is 6.82. The Morgan fingerprint density at radius 1 is 1.17 bits per heavy atom. The summed E-state index contributed by atoms with van der Waals surface area (Å²) in [6.07, 6.45) is 0. The molecule has 0 spiro atoms. The Morgan fingerprint density at radius 3 is 2.43 bits per heavy atom. The van der Waals surface area contributed by atoms with Crippen molar-refractivity contribution >= 4 is 34.5 Å². The third kappa shape index (κ3) is 4.40. The molecule has 0 fully saturated rings. The molecule has 0 aliphatic rings. The highest BCUT2D eigenvalue weighted by Gasteiger charge is 2.34. The predicted octanol–water partition coefficient (Wildman–Crippen LogP) is 2.08. The van der Waals surface area contributed by atoms with Gasteiger partial charge in [0.25, 0.3) is 0 Å². The Kier molecular flexibility index (Phi) is 5.23. The van der Waals surface area contributed by atoms with Crippen LogP contribution >= 0.6 is 22.7 Å². The molecule has 0 aliphatic carbocycles. The highest BCUT2D eigenvalue weighted by atomic mass is 32.1. The molecule has 2 heterocycles. The third-order valence-corrected chi connectivity index (χ3v) is 4.83. The number of rotatable bonds is 4. The lowest BCUT2D eigenvalue weighted by Crippen LogP contribution is -2.50. The molecule has 23 heavy (non-hydrogen) atoms. The summed E-state index contributed by atoms with van der Waals surface area (Å²) in [7, 11) is 0. The molecule has 7 heteroatoms. The third-order valence-electron chi connectivity index (χ3n) is 3.13. The van der Waals surface area contributed by atoms with Crippen molar-refractivity contribution in [2.75, 3.05) is 6.54 Å². The van der Waals surface area contributed by atoms with Crippen molar-refractivity contribution in [3.63, 3.8) is 0 Å². The Labute approximate surface area is 143 Å². The summed E-state index contributed by atoms with van der Waals surface area (Å²) >= 11 is 2.87. The minimum Gasteiger partial charge on any atom is -0.378 e. The average molecular weight is 352 g/mol. The van der Waals surface area contributed by atoms with Crippen molar-refractivity contribution in [2.45, 2.75) is 31.9 Å². The molecule has 124 valence electrons. The van der Waals surface area contributed by atoms with E-state index in [2.05, 4.69) is 10.6 Å². The minimum atomic E-state index is -1.34. The standard InChI is InChI=1S/C16H20N2O3S2/c1-15(2,3)18-14(20)13(19)17-10-16(21,11-6-8-22-9-11)12-5-4-7-23-12/h4-9,21H,10H2,1-3H3,(H,17,19)(H,18,20). The molecule has 1 unspecified atom stereocenters. The zero-order chi connectivity index (χ0) is 17.1. The molecular weight excluding hydrogens is 332 g/mol.